The van der Waals surface area contributed by atoms with Gasteiger partial charge in [0.05, 0.1) is 9.79 Å². The van der Waals surface area contributed by atoms with Gasteiger partial charge < -0.3 is 4.90 Å². The van der Waals surface area contributed by atoms with Gasteiger partial charge in [0.1, 0.15) is 16.3 Å². The molecule has 1 amide bonds. The van der Waals surface area contributed by atoms with Crippen LogP contribution in [0.3, 0.4) is 0 Å². The minimum atomic E-state index is -2.81. The van der Waals surface area contributed by atoms with Crippen LogP contribution in [0, 0.1) is 0 Å². The van der Waals surface area contributed by atoms with E-state index in [0.29, 0.717) is 22.9 Å². The van der Waals surface area contributed by atoms with E-state index in [9.17, 15) is 9.00 Å². The maximum Gasteiger partial charge on any atom is 0.244 e. The van der Waals surface area contributed by atoms with Crippen molar-refractivity contribution in [1.29, 1.82) is 0 Å². The monoisotopic (exact) mass is 330 g/mol. The summed E-state index contributed by atoms with van der Waals surface area (Å²) in [5.41, 5.74) is 0. The number of carbonyl (C=O) groups excluding carboxylic acids is 1. The van der Waals surface area contributed by atoms with Crippen molar-refractivity contribution in [2.24, 2.45) is 4.36 Å². The van der Waals surface area contributed by atoms with Gasteiger partial charge in [-0.25, -0.2) is 8.57 Å². The Morgan fingerprint density at radius 2 is 1.35 bits per heavy atom. The molecule has 0 bridgehead atoms. The van der Waals surface area contributed by atoms with Crippen LogP contribution >= 0.6 is 0 Å². The first-order chi connectivity index (χ1) is 11.1. The minimum absolute atomic E-state index is 0.0791. The molecule has 4 nitrogen and oxygen atoms in total. The molecule has 0 fully saturated rings. The minimum Gasteiger partial charge on any atom is -0.342 e. The number of amides is 1. The highest BCUT2D eigenvalue weighted by Crippen LogP contribution is 2.23. The standard InChI is InChI=1S/C18H22N2O2S/c1-3-20(4-2)18(21)15-19-23(22,16-11-7-5-8-12-16)17-13-9-6-10-14-17/h5-14H,3-4,15H2,1-2H3. The van der Waals surface area contributed by atoms with Crippen LogP contribution in [0.5, 0.6) is 0 Å². The van der Waals surface area contributed by atoms with E-state index in [1.54, 1.807) is 29.2 Å². The van der Waals surface area contributed by atoms with Crippen LogP contribution in [0.1, 0.15) is 13.8 Å². The third-order valence-electron chi connectivity index (χ3n) is 3.62. The van der Waals surface area contributed by atoms with Crippen molar-refractivity contribution in [3.8, 4) is 0 Å². The molecule has 0 aliphatic heterocycles. The molecule has 122 valence electrons. The normalized spacial score (nSPS) is 11.0. The van der Waals surface area contributed by atoms with Crippen LogP contribution in [0.25, 0.3) is 0 Å². The third-order valence-corrected chi connectivity index (χ3v) is 5.94. The SMILES string of the molecule is CCN(CC)C(=O)CN=S(=O)(c1ccccc1)c1ccccc1. The quantitative estimate of drug-likeness (QED) is 0.814. The fraction of sp³-hybridized carbons (Fsp3) is 0.278. The molecular formula is C18H22N2O2S. The predicted octanol–water partition coefficient (Wildman–Crippen LogP) is 3.44. The number of rotatable bonds is 6. The zero-order valence-electron chi connectivity index (χ0n) is 13.5. The van der Waals surface area contributed by atoms with E-state index in [0.717, 1.165) is 0 Å². The van der Waals surface area contributed by atoms with Gasteiger partial charge in [0.15, 0.2) is 0 Å². The van der Waals surface area contributed by atoms with Crippen molar-refractivity contribution in [3.63, 3.8) is 0 Å². The Kier molecular flexibility index (Phi) is 5.93. The van der Waals surface area contributed by atoms with Gasteiger partial charge in [-0.05, 0) is 38.1 Å². The van der Waals surface area contributed by atoms with Gasteiger partial charge in [-0.2, -0.15) is 0 Å². The number of hydrogen-bond acceptors (Lipinski definition) is 3. The molecule has 0 atom stereocenters. The topological polar surface area (TPSA) is 49.7 Å². The summed E-state index contributed by atoms with van der Waals surface area (Å²) in [6.45, 7) is 5.02. The molecule has 0 unspecified atom stereocenters. The zero-order chi connectivity index (χ0) is 16.7. The van der Waals surface area contributed by atoms with Crippen molar-refractivity contribution in [1.82, 2.24) is 4.90 Å². The Hall–Kier alpha value is -2.14. The molecule has 0 aliphatic rings. The summed E-state index contributed by atoms with van der Waals surface area (Å²) >= 11 is 0. The van der Waals surface area contributed by atoms with E-state index >= 15 is 0 Å². The Morgan fingerprint density at radius 3 is 1.74 bits per heavy atom. The van der Waals surface area contributed by atoms with Crippen molar-refractivity contribution in [3.05, 3.63) is 60.7 Å². The summed E-state index contributed by atoms with van der Waals surface area (Å²) < 4.78 is 17.9. The maximum absolute atomic E-state index is 13.6. The summed E-state index contributed by atoms with van der Waals surface area (Å²) in [5.74, 6) is -0.102. The number of likely N-dealkylation sites (N-methyl/N-ethyl adjacent to an activating group) is 1. The molecule has 2 rings (SSSR count). The van der Waals surface area contributed by atoms with Crippen LogP contribution in [0.4, 0.5) is 0 Å². The summed E-state index contributed by atoms with van der Waals surface area (Å²) in [7, 11) is -2.81. The fourth-order valence-corrected chi connectivity index (χ4v) is 4.23. The molecule has 0 radical (unpaired) electrons. The first-order valence-electron chi connectivity index (χ1n) is 7.72. The highest BCUT2D eigenvalue weighted by atomic mass is 32.2. The van der Waals surface area contributed by atoms with Gasteiger partial charge >= 0.3 is 0 Å². The third kappa shape index (κ3) is 3.99. The predicted molar refractivity (Wildman–Crippen MR) is 92.8 cm³/mol. The first kappa shape index (κ1) is 17.2. The Morgan fingerprint density at radius 1 is 0.913 bits per heavy atom. The second-order valence-electron chi connectivity index (χ2n) is 5.01. The lowest BCUT2D eigenvalue weighted by Gasteiger charge is -2.18. The molecule has 0 saturated carbocycles. The van der Waals surface area contributed by atoms with Crippen LogP contribution in [0.15, 0.2) is 74.8 Å². The van der Waals surface area contributed by atoms with Crippen LogP contribution < -0.4 is 0 Å². The molecule has 0 saturated heterocycles. The molecule has 0 heterocycles. The van der Waals surface area contributed by atoms with Gasteiger partial charge in [0.25, 0.3) is 0 Å². The van der Waals surface area contributed by atoms with Gasteiger partial charge in [0.2, 0.25) is 5.91 Å². The molecule has 0 spiro atoms. The average molecular weight is 330 g/mol. The first-order valence-corrected chi connectivity index (χ1v) is 9.24. The average Bonchev–Trinajstić information content (AvgIpc) is 2.62. The summed E-state index contributed by atoms with van der Waals surface area (Å²) in [4.78, 5) is 15.2. The second kappa shape index (κ2) is 7.92. The molecule has 0 aliphatic carbocycles. The van der Waals surface area contributed by atoms with Crippen molar-refractivity contribution in [2.75, 3.05) is 19.6 Å². The number of nitrogens with zero attached hydrogens (tertiary/aromatic N) is 2. The highest BCUT2D eigenvalue weighted by molar-refractivity contribution is 7.93. The molecule has 23 heavy (non-hydrogen) atoms. The smallest absolute Gasteiger partial charge is 0.244 e. The molecule has 5 heteroatoms. The van der Waals surface area contributed by atoms with Gasteiger partial charge in [-0.1, -0.05) is 36.4 Å². The molecule has 2 aromatic carbocycles. The zero-order valence-corrected chi connectivity index (χ0v) is 14.3. The van der Waals surface area contributed by atoms with E-state index in [4.69, 9.17) is 0 Å². The second-order valence-corrected chi connectivity index (χ2v) is 7.26. The maximum atomic E-state index is 13.6. The van der Waals surface area contributed by atoms with Gasteiger partial charge in [0, 0.05) is 13.1 Å². The lowest BCUT2D eigenvalue weighted by atomic mass is 10.4. The number of carbonyl (C=O) groups is 1. The summed E-state index contributed by atoms with van der Waals surface area (Å²) in [6, 6.07) is 18.2. The van der Waals surface area contributed by atoms with E-state index in [1.165, 1.54) is 0 Å². The van der Waals surface area contributed by atoms with Crippen molar-refractivity contribution >= 4 is 15.6 Å². The Labute approximate surface area is 138 Å². The number of hydrogen-bond donors (Lipinski definition) is 0. The fourth-order valence-electron chi connectivity index (χ4n) is 2.32. The van der Waals surface area contributed by atoms with E-state index in [1.807, 2.05) is 50.2 Å². The molecular weight excluding hydrogens is 308 g/mol. The Bertz CT molecular complexity index is 702. The summed E-state index contributed by atoms with van der Waals surface area (Å²) in [6.07, 6.45) is 0. The Balaban J connectivity index is 2.45. The number of benzene rings is 2. The van der Waals surface area contributed by atoms with Crippen molar-refractivity contribution in [2.45, 2.75) is 23.6 Å². The van der Waals surface area contributed by atoms with Crippen molar-refractivity contribution < 1.29 is 9.00 Å². The van der Waals surface area contributed by atoms with E-state index in [2.05, 4.69) is 4.36 Å². The largest absolute Gasteiger partial charge is 0.342 e. The van der Waals surface area contributed by atoms with E-state index in [-0.39, 0.29) is 12.5 Å². The van der Waals surface area contributed by atoms with Gasteiger partial charge in [-0.3, -0.25) is 4.79 Å². The van der Waals surface area contributed by atoms with Crippen LogP contribution in [0.2, 0.25) is 0 Å². The van der Waals surface area contributed by atoms with Crippen LogP contribution in [-0.2, 0) is 14.5 Å². The van der Waals surface area contributed by atoms with Gasteiger partial charge in [-0.15, -0.1) is 0 Å². The molecule has 2 aromatic rings. The van der Waals surface area contributed by atoms with Crippen LogP contribution in [-0.4, -0.2) is 34.7 Å². The lowest BCUT2D eigenvalue weighted by Crippen LogP contribution is -2.32. The van der Waals surface area contributed by atoms with E-state index < -0.39 is 9.73 Å². The molecule has 0 aromatic heterocycles. The summed E-state index contributed by atoms with van der Waals surface area (Å²) in [5, 5.41) is 0. The molecule has 0 N–H and O–H groups in total. The highest BCUT2D eigenvalue weighted by Gasteiger charge is 2.17. The lowest BCUT2D eigenvalue weighted by molar-refractivity contribution is -0.129.